The van der Waals surface area contributed by atoms with Gasteiger partial charge in [-0.25, -0.2) is 9.18 Å². The lowest BCUT2D eigenvalue weighted by molar-refractivity contribution is -0.134. The number of phenolic OH excluding ortho intramolecular Hbond substituents is 2. The molecule has 0 fully saturated rings. The Morgan fingerprint density at radius 1 is 0.875 bits per heavy atom. The average Bonchev–Trinajstić information content (AvgIpc) is 2.79. The van der Waals surface area contributed by atoms with E-state index in [-0.39, 0.29) is 19.3 Å². The van der Waals surface area contributed by atoms with E-state index in [1.807, 2.05) is 0 Å². The van der Waals surface area contributed by atoms with Gasteiger partial charge < -0.3 is 19.7 Å². The smallest absolute Gasteiger partial charge is 0.340 e. The third-order valence-electron chi connectivity index (χ3n) is 4.57. The highest BCUT2D eigenvalue weighted by molar-refractivity contribution is 6.17. The lowest BCUT2D eigenvalue weighted by Gasteiger charge is -2.19. The minimum absolute atomic E-state index is 0.130. The van der Waals surface area contributed by atoms with Crippen molar-refractivity contribution < 1.29 is 43.3 Å². The fourth-order valence-electron chi connectivity index (χ4n) is 2.93. The molecule has 0 unspecified atom stereocenters. The summed E-state index contributed by atoms with van der Waals surface area (Å²) in [6.07, 6.45) is -0.481. The van der Waals surface area contributed by atoms with Gasteiger partial charge in [0.05, 0.1) is 16.7 Å². The Morgan fingerprint density at radius 2 is 1.50 bits per heavy atom. The van der Waals surface area contributed by atoms with Crippen LogP contribution in [0, 0.1) is 5.82 Å². The van der Waals surface area contributed by atoms with Crippen LogP contribution in [0.15, 0.2) is 24.3 Å². The molecule has 0 spiro atoms. The summed E-state index contributed by atoms with van der Waals surface area (Å²) in [6.45, 7) is 3.97. The highest BCUT2D eigenvalue weighted by atomic mass is 19.1. The van der Waals surface area contributed by atoms with Crippen molar-refractivity contribution in [1.29, 1.82) is 0 Å². The van der Waals surface area contributed by atoms with Gasteiger partial charge in [0.15, 0.2) is 23.1 Å². The number of Topliss-reactive ketones (excluding diaryl/α,β-unsaturated/α-hetero) is 2. The third-order valence-corrected chi connectivity index (χ3v) is 4.57. The van der Waals surface area contributed by atoms with Crippen LogP contribution in [0.2, 0.25) is 0 Å². The van der Waals surface area contributed by atoms with Crippen LogP contribution < -0.4 is 4.74 Å². The molecule has 170 valence electrons. The first-order valence-corrected chi connectivity index (χ1v) is 9.96. The second-order valence-electron chi connectivity index (χ2n) is 6.74. The molecular weight excluding hydrogens is 423 g/mol. The quantitative estimate of drug-likeness (QED) is 0.255. The van der Waals surface area contributed by atoms with Gasteiger partial charge >= 0.3 is 11.9 Å². The number of ketones is 2. The fraction of sp³-hybridized carbons (Fsp3) is 0.304. The molecule has 0 bridgehead atoms. The molecule has 0 aliphatic rings. The molecule has 0 heterocycles. The highest BCUT2D eigenvalue weighted by Gasteiger charge is 2.35. The van der Waals surface area contributed by atoms with E-state index in [0.29, 0.717) is 5.56 Å². The van der Waals surface area contributed by atoms with Crippen molar-refractivity contribution in [1.82, 2.24) is 0 Å². The van der Waals surface area contributed by atoms with Gasteiger partial charge in [-0.2, -0.15) is 0 Å². The Kier molecular flexibility index (Phi) is 8.06. The van der Waals surface area contributed by atoms with E-state index >= 15 is 0 Å². The monoisotopic (exact) mass is 446 g/mol. The molecule has 8 nitrogen and oxygen atoms in total. The molecule has 0 aliphatic heterocycles. The standard InChI is InChI=1S/C23H23FO8/c1-4-14(25)17-19(23(30)31-11-12-8-7-9-13(24)10-12)18(15(26)5-2)22(21(29)20(17)28)32-16(27)6-3/h7-10,28-29H,4-6,11H2,1-3H3. The van der Waals surface area contributed by atoms with Crippen LogP contribution in [-0.4, -0.2) is 33.7 Å². The Labute approximate surface area is 183 Å². The zero-order valence-corrected chi connectivity index (χ0v) is 17.9. The molecule has 2 rings (SSSR count). The van der Waals surface area contributed by atoms with Crippen molar-refractivity contribution in [2.45, 2.75) is 46.6 Å². The van der Waals surface area contributed by atoms with E-state index < -0.39 is 69.9 Å². The summed E-state index contributed by atoms with van der Waals surface area (Å²) in [5.41, 5.74) is -1.51. The Morgan fingerprint density at radius 3 is 2.06 bits per heavy atom. The maximum atomic E-state index is 13.4. The summed E-state index contributed by atoms with van der Waals surface area (Å²) < 4.78 is 23.6. The number of hydrogen-bond donors (Lipinski definition) is 2. The summed E-state index contributed by atoms with van der Waals surface area (Å²) >= 11 is 0. The maximum Gasteiger partial charge on any atom is 0.340 e. The first kappa shape index (κ1) is 24.5. The largest absolute Gasteiger partial charge is 0.504 e. The topological polar surface area (TPSA) is 127 Å². The average molecular weight is 446 g/mol. The number of hydrogen-bond acceptors (Lipinski definition) is 8. The van der Waals surface area contributed by atoms with Crippen molar-refractivity contribution >= 4 is 23.5 Å². The minimum atomic E-state index is -1.19. The molecule has 9 heteroatoms. The second kappa shape index (κ2) is 10.5. The number of phenols is 2. The molecule has 0 radical (unpaired) electrons. The van der Waals surface area contributed by atoms with Gasteiger partial charge in [0.25, 0.3) is 0 Å². The van der Waals surface area contributed by atoms with Crippen LogP contribution in [0.4, 0.5) is 4.39 Å². The normalized spacial score (nSPS) is 10.5. The molecule has 0 aromatic heterocycles. The highest BCUT2D eigenvalue weighted by Crippen LogP contribution is 2.45. The molecule has 2 aromatic rings. The van der Waals surface area contributed by atoms with E-state index in [2.05, 4.69) is 0 Å². The summed E-state index contributed by atoms with van der Waals surface area (Å²) in [4.78, 5) is 50.1. The predicted octanol–water partition coefficient (Wildman–Crippen LogP) is 4.09. The van der Waals surface area contributed by atoms with Crippen LogP contribution in [0.1, 0.15) is 76.7 Å². The van der Waals surface area contributed by atoms with Crippen molar-refractivity contribution in [3.8, 4) is 17.2 Å². The summed E-state index contributed by atoms with van der Waals surface area (Å²) in [5.74, 6) is -6.84. The van der Waals surface area contributed by atoms with Gasteiger partial charge in [-0.1, -0.05) is 32.9 Å². The lowest BCUT2D eigenvalue weighted by atomic mass is 9.91. The number of aromatic hydroxyl groups is 2. The second-order valence-corrected chi connectivity index (χ2v) is 6.74. The van der Waals surface area contributed by atoms with Gasteiger partial charge in [0, 0.05) is 19.3 Å². The number of halogens is 1. The maximum absolute atomic E-state index is 13.4. The van der Waals surface area contributed by atoms with Gasteiger partial charge in [0.1, 0.15) is 12.4 Å². The number of rotatable bonds is 9. The van der Waals surface area contributed by atoms with Crippen molar-refractivity contribution in [2.75, 3.05) is 0 Å². The molecule has 32 heavy (non-hydrogen) atoms. The van der Waals surface area contributed by atoms with Crippen LogP contribution in [-0.2, 0) is 16.1 Å². The Hall–Kier alpha value is -3.75. The summed E-state index contributed by atoms with van der Waals surface area (Å²) in [7, 11) is 0. The van der Waals surface area contributed by atoms with Crippen molar-refractivity contribution in [2.24, 2.45) is 0 Å². The molecule has 0 atom stereocenters. The minimum Gasteiger partial charge on any atom is -0.504 e. The Balaban J connectivity index is 2.72. The molecule has 2 N–H and O–H groups in total. The predicted molar refractivity (Wildman–Crippen MR) is 110 cm³/mol. The van der Waals surface area contributed by atoms with E-state index in [0.717, 1.165) is 6.07 Å². The molecule has 2 aromatic carbocycles. The van der Waals surface area contributed by atoms with Crippen LogP contribution in [0.25, 0.3) is 0 Å². The lowest BCUT2D eigenvalue weighted by Crippen LogP contribution is -2.20. The number of esters is 2. The van der Waals surface area contributed by atoms with Gasteiger partial charge in [0.2, 0.25) is 5.75 Å². The number of ether oxygens (including phenoxy) is 2. The van der Waals surface area contributed by atoms with Crippen molar-refractivity contribution in [3.05, 3.63) is 52.3 Å². The third kappa shape index (κ3) is 5.11. The molecule has 0 amide bonds. The first-order valence-electron chi connectivity index (χ1n) is 9.96. The van der Waals surface area contributed by atoms with E-state index in [4.69, 9.17) is 9.47 Å². The zero-order valence-electron chi connectivity index (χ0n) is 17.9. The van der Waals surface area contributed by atoms with Gasteiger partial charge in [-0.05, 0) is 17.7 Å². The van der Waals surface area contributed by atoms with E-state index in [1.54, 1.807) is 0 Å². The van der Waals surface area contributed by atoms with Gasteiger partial charge in [-0.3, -0.25) is 14.4 Å². The molecular formula is C23H23FO8. The molecule has 0 saturated heterocycles. The molecule has 0 aliphatic carbocycles. The van der Waals surface area contributed by atoms with E-state index in [9.17, 15) is 33.8 Å². The summed E-state index contributed by atoms with van der Waals surface area (Å²) in [5, 5.41) is 20.9. The first-order chi connectivity index (χ1) is 15.2. The number of carbonyl (C=O) groups is 4. The van der Waals surface area contributed by atoms with E-state index in [1.165, 1.54) is 39.0 Å². The zero-order chi connectivity index (χ0) is 24.0. The van der Waals surface area contributed by atoms with Crippen LogP contribution in [0.3, 0.4) is 0 Å². The molecule has 0 saturated carbocycles. The SMILES string of the molecule is CCC(=O)Oc1c(O)c(O)c(C(=O)CC)c(C(=O)OCc2cccc(F)c2)c1C(=O)CC. The van der Waals surface area contributed by atoms with Crippen molar-refractivity contribution in [3.63, 3.8) is 0 Å². The van der Waals surface area contributed by atoms with Crippen LogP contribution >= 0.6 is 0 Å². The summed E-state index contributed by atoms with van der Waals surface area (Å²) in [6, 6.07) is 5.24. The number of benzene rings is 2. The Bertz CT molecular complexity index is 1070. The number of carbonyl (C=O) groups excluding carboxylic acids is 4. The fourth-order valence-corrected chi connectivity index (χ4v) is 2.93. The van der Waals surface area contributed by atoms with Gasteiger partial charge in [-0.15, -0.1) is 0 Å². The van der Waals surface area contributed by atoms with Crippen LogP contribution in [0.5, 0.6) is 17.2 Å².